The summed E-state index contributed by atoms with van der Waals surface area (Å²) < 4.78 is 10.1. The zero-order valence-corrected chi connectivity index (χ0v) is 21.4. The van der Waals surface area contributed by atoms with Crippen LogP contribution in [-0.4, -0.2) is 96.0 Å². The zero-order valence-electron chi connectivity index (χ0n) is 21.4. The molecule has 5 N–H and O–H groups in total. The third kappa shape index (κ3) is 21.6. The Labute approximate surface area is 229 Å². The number of guanidine groups is 1. The van der Waals surface area contributed by atoms with E-state index in [0.717, 1.165) is 0 Å². The molecule has 0 spiro atoms. The molecule has 0 heterocycles. The topological polar surface area (TPSA) is 339 Å². The van der Waals surface area contributed by atoms with Gasteiger partial charge in [0.15, 0.2) is 12.1 Å². The number of carbonyl (C=O) groups excluding carboxylic acids is 2. The number of aliphatic imine (C=N–C) groups is 1. The van der Waals surface area contributed by atoms with Crippen LogP contribution >= 0.6 is 0 Å². The molecule has 0 aromatic rings. The molecule has 41 heavy (non-hydrogen) atoms. The van der Waals surface area contributed by atoms with Gasteiger partial charge in [-0.3, -0.25) is 9.79 Å². The molecular formula is C17H30N8O16. The van der Waals surface area contributed by atoms with Crippen LogP contribution < -0.4 is 16.8 Å². The number of ether oxygens (including phenoxy) is 2. The van der Waals surface area contributed by atoms with Gasteiger partial charge in [0.05, 0.1) is 13.2 Å². The second-order valence-corrected chi connectivity index (χ2v) is 7.64. The van der Waals surface area contributed by atoms with E-state index in [-0.39, 0.29) is 57.8 Å². The van der Waals surface area contributed by atoms with Gasteiger partial charge in [-0.25, -0.2) is 4.79 Å². The van der Waals surface area contributed by atoms with Crippen LogP contribution in [0.15, 0.2) is 4.99 Å². The lowest BCUT2D eigenvalue weighted by Gasteiger charge is -2.18. The third-order valence-electron chi connectivity index (χ3n) is 4.47. The number of hydrogen-bond donors (Lipinski definition) is 3. The molecule has 24 nitrogen and oxygen atoms in total. The predicted octanol–water partition coefficient (Wildman–Crippen LogP) is -2.17. The highest BCUT2D eigenvalue weighted by Crippen LogP contribution is 2.08. The molecule has 0 aliphatic carbocycles. The zero-order chi connectivity index (χ0) is 31.2. The van der Waals surface area contributed by atoms with Gasteiger partial charge in [0.25, 0.3) is 20.3 Å². The number of rotatable bonds is 25. The van der Waals surface area contributed by atoms with E-state index in [1.54, 1.807) is 0 Å². The number of nitrogens with one attached hydrogen (secondary N) is 1. The fourth-order valence-electron chi connectivity index (χ4n) is 2.83. The first-order chi connectivity index (χ1) is 19.3. The Morgan fingerprint density at radius 1 is 0.780 bits per heavy atom. The number of carbonyl (C=O) groups is 2. The Balaban J connectivity index is 4.83. The van der Waals surface area contributed by atoms with Crippen molar-refractivity contribution in [2.45, 2.75) is 50.4 Å². The summed E-state index contributed by atoms with van der Waals surface area (Å²) in [6.45, 7) is -2.61. The highest BCUT2D eigenvalue weighted by atomic mass is 17.0. The van der Waals surface area contributed by atoms with Crippen LogP contribution in [0, 0.1) is 40.5 Å². The van der Waals surface area contributed by atoms with E-state index in [2.05, 4.69) is 29.7 Å². The van der Waals surface area contributed by atoms with Crippen molar-refractivity contribution < 1.29 is 58.8 Å². The quantitative estimate of drug-likeness (QED) is 0.0249. The van der Waals surface area contributed by atoms with E-state index in [4.69, 9.17) is 20.9 Å². The Hall–Kier alpha value is -5.03. The number of amides is 1. The van der Waals surface area contributed by atoms with Crippen LogP contribution in [-0.2, 0) is 38.4 Å². The Morgan fingerprint density at radius 3 is 1.93 bits per heavy atom. The molecule has 3 unspecified atom stereocenters. The van der Waals surface area contributed by atoms with Gasteiger partial charge in [0.2, 0.25) is 5.91 Å². The maximum Gasteiger partial charge on any atom is 0.328 e. The van der Waals surface area contributed by atoms with E-state index in [0.29, 0.717) is 0 Å². The fourth-order valence-corrected chi connectivity index (χ4v) is 2.83. The molecule has 24 heteroatoms. The van der Waals surface area contributed by atoms with Crippen molar-refractivity contribution in [3.05, 3.63) is 40.5 Å². The first-order valence-electron chi connectivity index (χ1n) is 11.6. The molecule has 3 atom stereocenters. The van der Waals surface area contributed by atoms with E-state index in [1.807, 2.05) is 0 Å². The number of esters is 1. The molecule has 0 aliphatic rings. The van der Waals surface area contributed by atoms with Crippen LogP contribution in [0.4, 0.5) is 0 Å². The number of nitrogens with zero attached hydrogens (tertiary/aromatic N) is 5. The maximum absolute atomic E-state index is 12.5. The molecule has 234 valence electrons. The molecule has 0 rings (SSSR count). The van der Waals surface area contributed by atoms with Gasteiger partial charge >= 0.3 is 5.97 Å². The normalized spacial score (nSPS) is 12.5. The number of nitrogens with two attached hydrogens (primary N) is 2. The summed E-state index contributed by atoms with van der Waals surface area (Å²) in [6.07, 6.45) is -2.92. The van der Waals surface area contributed by atoms with Crippen molar-refractivity contribution in [3.8, 4) is 0 Å². The molecule has 1 amide bonds. The van der Waals surface area contributed by atoms with Crippen LogP contribution in [0.2, 0.25) is 0 Å². The van der Waals surface area contributed by atoms with Gasteiger partial charge in [-0.05, 0) is 25.7 Å². The Kier molecular flexibility index (Phi) is 18.3. The molecule has 0 saturated heterocycles. The van der Waals surface area contributed by atoms with Gasteiger partial charge in [0, 0.05) is 13.0 Å². The summed E-state index contributed by atoms with van der Waals surface area (Å²) in [5, 5.41) is 39.2. The summed E-state index contributed by atoms with van der Waals surface area (Å²) in [4.78, 5) is 86.7. The first-order valence-corrected chi connectivity index (χ1v) is 11.6. The van der Waals surface area contributed by atoms with Gasteiger partial charge in [-0.2, -0.15) is 0 Å². The summed E-state index contributed by atoms with van der Waals surface area (Å²) in [7, 11) is 0. The third-order valence-corrected chi connectivity index (χ3v) is 4.47. The fraction of sp³-hybridized carbons (Fsp3) is 0.824. The van der Waals surface area contributed by atoms with Gasteiger partial charge in [0.1, 0.15) is 32.0 Å². The summed E-state index contributed by atoms with van der Waals surface area (Å²) in [5.41, 5.74) is 10.5. The lowest BCUT2D eigenvalue weighted by molar-refractivity contribution is -0.790. The van der Waals surface area contributed by atoms with Crippen molar-refractivity contribution in [3.63, 3.8) is 0 Å². The Morgan fingerprint density at radius 2 is 1.37 bits per heavy atom. The van der Waals surface area contributed by atoms with Gasteiger partial charge < -0.3 is 45.6 Å². The second-order valence-electron chi connectivity index (χ2n) is 7.64. The molecule has 0 saturated carbocycles. The van der Waals surface area contributed by atoms with Gasteiger partial charge in [-0.15, -0.1) is 40.5 Å². The largest absolute Gasteiger partial charge is 0.462 e. The maximum atomic E-state index is 12.5. The molecule has 0 aliphatic heterocycles. The lowest BCUT2D eigenvalue weighted by Crippen LogP contribution is -2.42. The van der Waals surface area contributed by atoms with Crippen molar-refractivity contribution >= 4 is 17.8 Å². The minimum absolute atomic E-state index is 0.0252. The lowest BCUT2D eigenvalue weighted by atomic mass is 10.1. The standard InChI is InChI=1S/C17H30N8O16/c18-17(19)20-6-2-4-14(21-15(26)5-1-3-12(40-24(32)33)10-38-22(28)29)16(27)37-8-7-36-9-13(41-25(34)35)11-39-23(30)31/h12-14H,1-11H2,(H,21,26)(H4,18,19,20). The number of hydrogen-bond acceptors (Lipinski definition) is 17. The monoisotopic (exact) mass is 602 g/mol. The van der Waals surface area contributed by atoms with Gasteiger partial charge in [-0.1, -0.05) is 0 Å². The van der Waals surface area contributed by atoms with E-state index >= 15 is 0 Å². The van der Waals surface area contributed by atoms with Crippen LogP contribution in [0.3, 0.4) is 0 Å². The van der Waals surface area contributed by atoms with E-state index in [1.165, 1.54) is 0 Å². The van der Waals surface area contributed by atoms with Crippen molar-refractivity contribution in [1.82, 2.24) is 5.32 Å². The van der Waals surface area contributed by atoms with Crippen LogP contribution in [0.25, 0.3) is 0 Å². The summed E-state index contributed by atoms with van der Waals surface area (Å²) in [6, 6.07) is -1.18. The molecule has 0 fully saturated rings. The minimum atomic E-state index is -1.44. The Bertz CT molecular complexity index is 901. The van der Waals surface area contributed by atoms with E-state index in [9.17, 15) is 50.0 Å². The predicted molar refractivity (Wildman–Crippen MR) is 127 cm³/mol. The average molecular weight is 602 g/mol. The minimum Gasteiger partial charge on any atom is -0.462 e. The molecule has 0 radical (unpaired) electrons. The molecule has 0 aromatic heterocycles. The highest BCUT2D eigenvalue weighted by molar-refractivity contribution is 5.84. The average Bonchev–Trinajstić information content (AvgIpc) is 2.86. The smallest absolute Gasteiger partial charge is 0.328 e. The molecule has 0 aromatic carbocycles. The molecular weight excluding hydrogens is 572 g/mol. The summed E-state index contributed by atoms with van der Waals surface area (Å²) >= 11 is 0. The van der Waals surface area contributed by atoms with Crippen molar-refractivity contribution in [1.29, 1.82) is 0 Å². The van der Waals surface area contributed by atoms with E-state index < -0.39 is 70.3 Å². The second kappa shape index (κ2) is 20.9. The summed E-state index contributed by atoms with van der Waals surface area (Å²) in [5.74, 6) is -1.75. The van der Waals surface area contributed by atoms with Crippen LogP contribution in [0.5, 0.6) is 0 Å². The molecule has 0 bridgehead atoms. The first kappa shape index (κ1) is 36.0. The highest BCUT2D eigenvalue weighted by Gasteiger charge is 2.23. The SMILES string of the molecule is NC(N)=NCCCC(NC(=O)CCCC(CO[N+](=O)[O-])O[N+](=O)[O-])C(=O)OCCOCC(CO[N+](=O)[O-])O[N+](=O)[O-]. The van der Waals surface area contributed by atoms with Crippen molar-refractivity contribution in [2.75, 3.05) is 39.6 Å². The van der Waals surface area contributed by atoms with Crippen LogP contribution in [0.1, 0.15) is 32.1 Å². The van der Waals surface area contributed by atoms with Crippen molar-refractivity contribution in [2.24, 2.45) is 16.5 Å².